The lowest BCUT2D eigenvalue weighted by Gasteiger charge is -2.19. The summed E-state index contributed by atoms with van der Waals surface area (Å²) >= 11 is 3.43. The van der Waals surface area contributed by atoms with Crippen LogP contribution in [0.5, 0.6) is 0 Å². The normalized spacial score (nSPS) is 12.9. The lowest BCUT2D eigenvalue weighted by molar-refractivity contribution is 0.635. The molecule has 0 saturated carbocycles. The van der Waals surface area contributed by atoms with E-state index < -0.39 is 0 Å². The van der Waals surface area contributed by atoms with Crippen LogP contribution < -0.4 is 4.90 Å². The van der Waals surface area contributed by atoms with Gasteiger partial charge in [0.05, 0.1) is 0 Å². The Morgan fingerprint density at radius 1 is 1.44 bits per heavy atom. The molecule has 0 N–H and O–H groups in total. The van der Waals surface area contributed by atoms with Gasteiger partial charge in [0.2, 0.25) is 0 Å². The molecule has 0 heterocycles. The van der Waals surface area contributed by atoms with Crippen LogP contribution in [0, 0.1) is 17.2 Å². The summed E-state index contributed by atoms with van der Waals surface area (Å²) in [7, 11) is 1.93. The number of nitriles is 1. The summed E-state index contributed by atoms with van der Waals surface area (Å²) in [6.45, 7) is 2.15. The molecule has 0 aromatic heterocycles. The molecule has 2 nitrogen and oxygen atoms in total. The van der Waals surface area contributed by atoms with Crippen LogP contribution in [0.2, 0.25) is 0 Å². The minimum absolute atomic E-state index is 0.420. The minimum Gasteiger partial charge on any atom is -0.336 e. The fraction of sp³-hybridized carbons (Fsp3) is 0.400. The van der Waals surface area contributed by atoms with Crippen molar-refractivity contribution in [1.82, 2.24) is 0 Å². The van der Waals surface area contributed by atoms with Gasteiger partial charge in [-0.2, -0.15) is 5.26 Å². The lowest BCUT2D eigenvalue weighted by Crippen LogP contribution is -2.16. The molecule has 1 aromatic rings. The highest BCUT2D eigenvalue weighted by molar-refractivity contribution is 9.09. The van der Waals surface area contributed by atoms with Gasteiger partial charge in [-0.15, -0.1) is 0 Å². The standard InChI is InChI=1S/C15H19BrN2/c1-13(7-6-10-16)11-15(12-17)18(2)14-8-4-3-5-9-14/h3-5,8-9,11,13H,6-7,10H2,1-2H3/b15-11+. The van der Waals surface area contributed by atoms with Gasteiger partial charge in [0.25, 0.3) is 0 Å². The van der Waals surface area contributed by atoms with Gasteiger partial charge in [-0.3, -0.25) is 0 Å². The molecule has 18 heavy (non-hydrogen) atoms. The highest BCUT2D eigenvalue weighted by Gasteiger charge is 2.08. The summed E-state index contributed by atoms with van der Waals surface area (Å²) in [6.07, 6.45) is 4.28. The molecule has 0 aliphatic rings. The number of hydrogen-bond donors (Lipinski definition) is 0. The third-order valence-corrected chi connectivity index (χ3v) is 3.42. The molecule has 1 unspecified atom stereocenters. The molecule has 96 valence electrons. The highest BCUT2D eigenvalue weighted by atomic mass is 79.9. The molecule has 0 aliphatic carbocycles. The Hall–Kier alpha value is -1.27. The van der Waals surface area contributed by atoms with Crippen molar-refractivity contribution in [2.24, 2.45) is 5.92 Å². The average molecular weight is 307 g/mol. The fourth-order valence-corrected chi connectivity index (χ4v) is 2.09. The maximum absolute atomic E-state index is 9.26. The van der Waals surface area contributed by atoms with Crippen LogP contribution in [0.4, 0.5) is 5.69 Å². The van der Waals surface area contributed by atoms with Gasteiger partial charge in [-0.25, -0.2) is 0 Å². The van der Waals surface area contributed by atoms with Crippen LogP contribution in [0.15, 0.2) is 42.1 Å². The van der Waals surface area contributed by atoms with Crippen LogP contribution in [0.3, 0.4) is 0 Å². The second kappa shape index (κ2) is 7.94. The molecule has 0 aliphatic heterocycles. The first-order chi connectivity index (χ1) is 8.69. The molecule has 1 aromatic carbocycles. The van der Waals surface area contributed by atoms with Crippen molar-refractivity contribution in [3.05, 3.63) is 42.1 Å². The second-order valence-electron chi connectivity index (χ2n) is 4.37. The van der Waals surface area contributed by atoms with Crippen LogP contribution >= 0.6 is 15.9 Å². The molecule has 0 spiro atoms. The van der Waals surface area contributed by atoms with Crippen molar-refractivity contribution in [1.29, 1.82) is 5.26 Å². The predicted octanol–water partition coefficient (Wildman–Crippen LogP) is 4.34. The maximum atomic E-state index is 9.26. The van der Waals surface area contributed by atoms with E-state index in [1.54, 1.807) is 0 Å². The van der Waals surface area contributed by atoms with Crippen LogP contribution in [0.25, 0.3) is 0 Å². The lowest BCUT2D eigenvalue weighted by atomic mass is 10.0. The third kappa shape index (κ3) is 4.54. The molecule has 1 atom stereocenters. The smallest absolute Gasteiger partial charge is 0.117 e. The summed E-state index contributed by atoms with van der Waals surface area (Å²) in [5.74, 6) is 0.420. The SMILES string of the molecule is CC(/C=C(\C#N)N(C)c1ccccc1)CCCBr. The average Bonchev–Trinajstić information content (AvgIpc) is 2.42. The Balaban J connectivity index is 2.77. The maximum Gasteiger partial charge on any atom is 0.117 e. The van der Waals surface area contributed by atoms with Gasteiger partial charge in [-0.1, -0.05) is 41.1 Å². The van der Waals surface area contributed by atoms with E-state index in [9.17, 15) is 5.26 Å². The van der Waals surface area contributed by atoms with Crippen molar-refractivity contribution in [3.8, 4) is 6.07 Å². The number of nitrogens with zero attached hydrogens (tertiary/aromatic N) is 2. The topological polar surface area (TPSA) is 27.0 Å². The second-order valence-corrected chi connectivity index (χ2v) is 5.16. The van der Waals surface area contributed by atoms with Gasteiger partial charge in [0, 0.05) is 18.1 Å². The summed E-state index contributed by atoms with van der Waals surface area (Å²) in [5.41, 5.74) is 1.75. The number of benzene rings is 1. The van der Waals surface area contributed by atoms with Crippen LogP contribution in [0.1, 0.15) is 19.8 Å². The molecular weight excluding hydrogens is 288 g/mol. The molecule has 0 amide bonds. The summed E-state index contributed by atoms with van der Waals surface area (Å²) in [6, 6.07) is 12.2. The molecule has 0 bridgehead atoms. The van der Waals surface area contributed by atoms with Gasteiger partial charge < -0.3 is 4.90 Å². The van der Waals surface area contributed by atoms with E-state index in [-0.39, 0.29) is 0 Å². The Morgan fingerprint density at radius 3 is 2.67 bits per heavy atom. The van der Waals surface area contributed by atoms with Crippen LogP contribution in [-0.2, 0) is 0 Å². The van der Waals surface area contributed by atoms with E-state index in [0.717, 1.165) is 23.9 Å². The third-order valence-electron chi connectivity index (χ3n) is 2.85. The van der Waals surface area contributed by atoms with E-state index in [1.807, 2.05) is 42.3 Å². The van der Waals surface area contributed by atoms with E-state index >= 15 is 0 Å². The Labute approximate surface area is 118 Å². The van der Waals surface area contributed by atoms with Gasteiger partial charge >= 0.3 is 0 Å². The molecule has 1 rings (SSSR count). The minimum atomic E-state index is 0.420. The zero-order chi connectivity index (χ0) is 13.4. The summed E-state index contributed by atoms with van der Waals surface area (Å²) in [4.78, 5) is 1.94. The van der Waals surface area contributed by atoms with Crippen molar-refractivity contribution in [3.63, 3.8) is 0 Å². The largest absolute Gasteiger partial charge is 0.336 e. The molecule has 0 radical (unpaired) electrons. The Kier molecular flexibility index (Phi) is 6.53. The highest BCUT2D eigenvalue weighted by Crippen LogP contribution is 2.19. The van der Waals surface area contributed by atoms with Gasteiger partial charge in [0.1, 0.15) is 11.8 Å². The first-order valence-corrected chi connectivity index (χ1v) is 7.28. The van der Waals surface area contributed by atoms with Crippen molar-refractivity contribution in [2.75, 3.05) is 17.3 Å². The molecule has 3 heteroatoms. The molecule has 0 saturated heterocycles. The first kappa shape index (κ1) is 14.8. The van der Waals surface area contributed by atoms with E-state index in [4.69, 9.17) is 0 Å². The number of anilines is 1. The van der Waals surface area contributed by atoms with Gasteiger partial charge in [-0.05, 0) is 37.0 Å². The van der Waals surface area contributed by atoms with Gasteiger partial charge in [0.15, 0.2) is 0 Å². The molecular formula is C15H19BrN2. The zero-order valence-electron chi connectivity index (χ0n) is 10.9. The number of allylic oxidation sites excluding steroid dienone is 2. The Bertz CT molecular complexity index is 420. The summed E-state index contributed by atoms with van der Waals surface area (Å²) in [5, 5.41) is 10.3. The quantitative estimate of drug-likeness (QED) is 0.577. The van der Waals surface area contributed by atoms with Crippen LogP contribution in [-0.4, -0.2) is 12.4 Å². The number of halogens is 1. The number of rotatable bonds is 6. The van der Waals surface area contributed by atoms with E-state index in [1.165, 1.54) is 0 Å². The monoisotopic (exact) mass is 306 g/mol. The molecule has 0 fully saturated rings. The predicted molar refractivity (Wildman–Crippen MR) is 80.7 cm³/mol. The first-order valence-electron chi connectivity index (χ1n) is 6.15. The van der Waals surface area contributed by atoms with E-state index in [0.29, 0.717) is 11.6 Å². The Morgan fingerprint density at radius 2 is 2.11 bits per heavy atom. The zero-order valence-corrected chi connectivity index (χ0v) is 12.5. The van der Waals surface area contributed by atoms with Crippen molar-refractivity contribution < 1.29 is 0 Å². The number of alkyl halides is 1. The summed E-state index contributed by atoms with van der Waals surface area (Å²) < 4.78 is 0. The number of para-hydroxylation sites is 1. The number of hydrogen-bond acceptors (Lipinski definition) is 2. The van der Waals surface area contributed by atoms with Crippen molar-refractivity contribution in [2.45, 2.75) is 19.8 Å². The van der Waals surface area contributed by atoms with Crippen molar-refractivity contribution >= 4 is 21.6 Å². The fourth-order valence-electron chi connectivity index (χ4n) is 1.77. The van der Waals surface area contributed by atoms with E-state index in [2.05, 4.69) is 35.0 Å².